The van der Waals surface area contributed by atoms with Crippen molar-refractivity contribution in [3.05, 3.63) is 41.9 Å². The molecule has 0 spiro atoms. The van der Waals surface area contributed by atoms with Crippen LogP contribution >= 0.6 is 0 Å². The fourth-order valence-corrected chi connectivity index (χ4v) is 5.15. The first-order valence-corrected chi connectivity index (χ1v) is 11.6. The van der Waals surface area contributed by atoms with Crippen molar-refractivity contribution in [2.24, 2.45) is 11.8 Å². The minimum atomic E-state index is 0.208. The summed E-state index contributed by atoms with van der Waals surface area (Å²) in [5.41, 5.74) is 2.11. The fourth-order valence-electron chi connectivity index (χ4n) is 5.15. The molecule has 0 radical (unpaired) electrons. The number of rotatable bonds is 8. The lowest BCUT2D eigenvalue weighted by Gasteiger charge is -2.47. The molecular formula is C25H38N4O2. The van der Waals surface area contributed by atoms with Crippen LogP contribution in [0.25, 0.3) is 0 Å². The van der Waals surface area contributed by atoms with Crippen LogP contribution in [0.4, 0.5) is 0 Å². The van der Waals surface area contributed by atoms with Crippen LogP contribution in [-0.2, 0) is 16.0 Å². The summed E-state index contributed by atoms with van der Waals surface area (Å²) in [6.45, 7) is 4.91. The lowest BCUT2D eigenvalue weighted by Crippen LogP contribution is -2.52. The van der Waals surface area contributed by atoms with Crippen molar-refractivity contribution in [2.75, 3.05) is 40.8 Å². The van der Waals surface area contributed by atoms with E-state index in [1.165, 1.54) is 0 Å². The van der Waals surface area contributed by atoms with Crippen LogP contribution in [0.3, 0.4) is 0 Å². The van der Waals surface area contributed by atoms with Gasteiger partial charge in [0.25, 0.3) is 0 Å². The second kappa shape index (κ2) is 10.9. The van der Waals surface area contributed by atoms with E-state index >= 15 is 0 Å². The molecule has 170 valence electrons. The van der Waals surface area contributed by atoms with Gasteiger partial charge in [0.2, 0.25) is 5.91 Å². The highest BCUT2D eigenvalue weighted by Gasteiger charge is 2.41. The van der Waals surface area contributed by atoms with Crippen molar-refractivity contribution in [1.29, 1.82) is 0 Å². The van der Waals surface area contributed by atoms with Crippen molar-refractivity contribution in [3.63, 3.8) is 0 Å². The number of fused-ring (bicyclic) bond motifs is 1. The standard InChI is InChI=1S/C25H38N4O2/c1-5-10-29-17-20(12-21-15-24(30)22(14-23(21)29)18-27(2)3)13-25(31)28(4)11-8-19-7-6-9-26-16-19/h6-7,9,16,18,20-21,23H,5,8,10-15,17H2,1-4H3/t20-,21-,23-/m1/s1. The predicted octanol–water partition coefficient (Wildman–Crippen LogP) is 3.00. The first-order chi connectivity index (χ1) is 14.9. The molecule has 1 amide bonds. The molecule has 1 aliphatic carbocycles. The summed E-state index contributed by atoms with van der Waals surface area (Å²) in [5.74, 6) is 1.19. The number of likely N-dealkylation sites (tertiary alicyclic amines) is 1. The quantitative estimate of drug-likeness (QED) is 0.598. The molecule has 2 heterocycles. The van der Waals surface area contributed by atoms with E-state index in [2.05, 4.69) is 16.8 Å². The maximum absolute atomic E-state index is 12.9. The van der Waals surface area contributed by atoms with Gasteiger partial charge in [0.1, 0.15) is 0 Å². The number of carbonyl (C=O) groups is 2. The van der Waals surface area contributed by atoms with Crippen LogP contribution in [0.2, 0.25) is 0 Å². The van der Waals surface area contributed by atoms with E-state index < -0.39 is 0 Å². The number of likely N-dealkylation sites (N-methyl/N-ethyl adjacent to an activating group) is 1. The first kappa shape index (κ1) is 23.5. The van der Waals surface area contributed by atoms with Crippen LogP contribution in [0.1, 0.15) is 44.6 Å². The lowest BCUT2D eigenvalue weighted by molar-refractivity contribution is -0.132. The number of piperidine rings is 1. The minimum Gasteiger partial charge on any atom is -0.383 e. The smallest absolute Gasteiger partial charge is 0.222 e. The normalized spacial score (nSPS) is 25.4. The van der Waals surface area contributed by atoms with E-state index in [0.717, 1.165) is 49.9 Å². The molecule has 2 fully saturated rings. The van der Waals surface area contributed by atoms with Crippen molar-refractivity contribution in [3.8, 4) is 0 Å². The van der Waals surface area contributed by atoms with Crippen LogP contribution in [0, 0.1) is 11.8 Å². The molecule has 1 aromatic rings. The van der Waals surface area contributed by atoms with Gasteiger partial charge < -0.3 is 9.80 Å². The Morgan fingerprint density at radius 2 is 2.10 bits per heavy atom. The third-order valence-corrected chi connectivity index (χ3v) is 6.65. The van der Waals surface area contributed by atoms with Crippen molar-refractivity contribution in [1.82, 2.24) is 19.7 Å². The zero-order valence-corrected chi connectivity index (χ0v) is 19.6. The molecule has 1 aromatic heterocycles. The van der Waals surface area contributed by atoms with Gasteiger partial charge in [-0.3, -0.25) is 19.5 Å². The summed E-state index contributed by atoms with van der Waals surface area (Å²) in [7, 11) is 5.85. The number of carbonyl (C=O) groups excluding carboxylic acids is 2. The molecule has 1 aliphatic heterocycles. The second-order valence-corrected chi connectivity index (χ2v) is 9.50. The Labute approximate surface area is 187 Å². The summed E-state index contributed by atoms with van der Waals surface area (Å²) in [4.78, 5) is 36.1. The molecule has 2 aliphatic rings. The van der Waals surface area contributed by atoms with Gasteiger partial charge in [0, 0.05) is 77.3 Å². The Morgan fingerprint density at radius 3 is 2.77 bits per heavy atom. The van der Waals surface area contributed by atoms with E-state index in [-0.39, 0.29) is 11.7 Å². The third kappa shape index (κ3) is 6.39. The number of amides is 1. The lowest BCUT2D eigenvalue weighted by atomic mass is 9.72. The van der Waals surface area contributed by atoms with Gasteiger partial charge in [0.05, 0.1) is 0 Å². The fraction of sp³-hybridized carbons (Fsp3) is 0.640. The number of aromatic nitrogens is 1. The summed E-state index contributed by atoms with van der Waals surface area (Å²) >= 11 is 0. The largest absolute Gasteiger partial charge is 0.383 e. The number of hydrogen-bond donors (Lipinski definition) is 0. The molecule has 6 heteroatoms. The third-order valence-electron chi connectivity index (χ3n) is 6.65. The average Bonchev–Trinajstić information content (AvgIpc) is 2.73. The molecule has 3 rings (SSSR count). The first-order valence-electron chi connectivity index (χ1n) is 11.6. The van der Waals surface area contributed by atoms with E-state index in [9.17, 15) is 9.59 Å². The Morgan fingerprint density at radius 1 is 1.29 bits per heavy atom. The highest BCUT2D eigenvalue weighted by molar-refractivity contribution is 5.96. The maximum atomic E-state index is 12.9. The van der Waals surface area contributed by atoms with E-state index in [4.69, 9.17) is 0 Å². The zero-order chi connectivity index (χ0) is 22.4. The number of Topliss-reactive ketones (excluding diaryl/α,β-unsaturated/α-hetero) is 1. The van der Waals surface area contributed by atoms with Gasteiger partial charge >= 0.3 is 0 Å². The average molecular weight is 427 g/mol. The molecule has 1 saturated carbocycles. The molecule has 31 heavy (non-hydrogen) atoms. The molecule has 0 unspecified atom stereocenters. The van der Waals surface area contributed by atoms with Gasteiger partial charge in [-0.15, -0.1) is 0 Å². The molecule has 3 atom stereocenters. The zero-order valence-electron chi connectivity index (χ0n) is 19.6. The van der Waals surface area contributed by atoms with Gasteiger partial charge in [-0.1, -0.05) is 13.0 Å². The molecular weight excluding hydrogens is 388 g/mol. The summed E-state index contributed by atoms with van der Waals surface area (Å²) in [6, 6.07) is 4.41. The molecule has 0 bridgehead atoms. The summed E-state index contributed by atoms with van der Waals surface area (Å²) in [6.07, 6.45) is 10.6. The molecule has 1 saturated heterocycles. The summed E-state index contributed by atoms with van der Waals surface area (Å²) in [5, 5.41) is 0. The van der Waals surface area contributed by atoms with Crippen LogP contribution in [0.15, 0.2) is 36.3 Å². The number of hydrogen-bond acceptors (Lipinski definition) is 5. The predicted molar refractivity (Wildman–Crippen MR) is 123 cm³/mol. The van der Waals surface area contributed by atoms with Crippen molar-refractivity contribution >= 4 is 11.7 Å². The molecule has 0 aromatic carbocycles. The van der Waals surface area contributed by atoms with E-state index in [0.29, 0.717) is 37.3 Å². The monoisotopic (exact) mass is 426 g/mol. The van der Waals surface area contributed by atoms with Gasteiger partial charge in [0.15, 0.2) is 5.78 Å². The Balaban J connectivity index is 1.59. The highest BCUT2D eigenvalue weighted by Crippen LogP contribution is 2.39. The van der Waals surface area contributed by atoms with Crippen LogP contribution in [-0.4, -0.2) is 78.2 Å². The van der Waals surface area contributed by atoms with Gasteiger partial charge in [-0.05, 0) is 55.7 Å². The molecule has 6 nitrogen and oxygen atoms in total. The Hall–Kier alpha value is -2.21. The Bertz CT molecular complexity index is 777. The highest BCUT2D eigenvalue weighted by atomic mass is 16.2. The Kier molecular flexibility index (Phi) is 8.24. The van der Waals surface area contributed by atoms with E-state index in [1.807, 2.05) is 55.5 Å². The minimum absolute atomic E-state index is 0.208. The van der Waals surface area contributed by atoms with Gasteiger partial charge in [-0.2, -0.15) is 0 Å². The van der Waals surface area contributed by atoms with Crippen molar-refractivity contribution < 1.29 is 9.59 Å². The number of ketones is 1. The van der Waals surface area contributed by atoms with E-state index in [1.54, 1.807) is 6.20 Å². The number of pyridine rings is 1. The molecule has 0 N–H and O–H groups in total. The van der Waals surface area contributed by atoms with Crippen molar-refractivity contribution in [2.45, 2.75) is 51.5 Å². The summed E-state index contributed by atoms with van der Waals surface area (Å²) < 4.78 is 0. The maximum Gasteiger partial charge on any atom is 0.222 e. The van der Waals surface area contributed by atoms with Gasteiger partial charge in [-0.25, -0.2) is 0 Å². The second-order valence-electron chi connectivity index (χ2n) is 9.50. The topological polar surface area (TPSA) is 56.8 Å². The SMILES string of the molecule is CCCN1C[C@@H](CC(=O)N(C)CCc2cccnc2)C[C@@H]2CC(=O)C(=CN(C)C)C[C@H]21. The van der Waals surface area contributed by atoms with Crippen LogP contribution < -0.4 is 0 Å². The van der Waals surface area contributed by atoms with Crippen LogP contribution in [0.5, 0.6) is 0 Å². The number of nitrogens with zero attached hydrogens (tertiary/aromatic N) is 4.